The van der Waals surface area contributed by atoms with Crippen molar-refractivity contribution in [3.8, 4) is 5.75 Å². The number of ether oxygens (including phenoxy) is 2. The van der Waals surface area contributed by atoms with Crippen LogP contribution in [0.3, 0.4) is 0 Å². The molecule has 0 amide bonds. The van der Waals surface area contributed by atoms with E-state index < -0.39 is 0 Å². The van der Waals surface area contributed by atoms with E-state index >= 15 is 0 Å². The summed E-state index contributed by atoms with van der Waals surface area (Å²) in [4.78, 5) is 0. The van der Waals surface area contributed by atoms with E-state index in [9.17, 15) is 4.39 Å². The lowest BCUT2D eigenvalue weighted by molar-refractivity contribution is 0.0605. The molecule has 21 heavy (non-hydrogen) atoms. The molecule has 118 valence electrons. The standard InChI is InChI=1S/C17H26FNO2/c1-3-8-19-16(11-13-6-9-21-10-7-13)14-4-5-17(20-2)15(18)12-14/h4-5,12-13,16,19H,3,6-11H2,1-2H3. The average Bonchev–Trinajstić information content (AvgIpc) is 2.52. The molecule has 1 unspecified atom stereocenters. The molecule has 0 bridgehead atoms. The molecular weight excluding hydrogens is 269 g/mol. The highest BCUT2D eigenvalue weighted by Gasteiger charge is 2.21. The van der Waals surface area contributed by atoms with Gasteiger partial charge in [0.25, 0.3) is 0 Å². The van der Waals surface area contributed by atoms with Crippen LogP contribution in [0.25, 0.3) is 0 Å². The largest absolute Gasteiger partial charge is 0.494 e. The van der Waals surface area contributed by atoms with E-state index in [0.717, 1.165) is 51.0 Å². The highest BCUT2D eigenvalue weighted by molar-refractivity contribution is 5.31. The zero-order chi connectivity index (χ0) is 15.1. The highest BCUT2D eigenvalue weighted by Crippen LogP contribution is 2.29. The molecule has 3 nitrogen and oxygen atoms in total. The van der Waals surface area contributed by atoms with Gasteiger partial charge in [-0.2, -0.15) is 0 Å². The Bertz CT molecular complexity index is 433. The van der Waals surface area contributed by atoms with Gasteiger partial charge in [-0.05, 0) is 55.8 Å². The molecule has 4 heteroatoms. The van der Waals surface area contributed by atoms with Crippen LogP contribution in [0.15, 0.2) is 18.2 Å². The maximum atomic E-state index is 13.9. The molecule has 1 atom stereocenters. The van der Waals surface area contributed by atoms with Gasteiger partial charge in [0.05, 0.1) is 7.11 Å². The van der Waals surface area contributed by atoms with E-state index in [-0.39, 0.29) is 11.9 Å². The van der Waals surface area contributed by atoms with Gasteiger partial charge >= 0.3 is 0 Å². The maximum Gasteiger partial charge on any atom is 0.165 e. The van der Waals surface area contributed by atoms with Crippen LogP contribution in [0.4, 0.5) is 4.39 Å². The minimum atomic E-state index is -0.287. The smallest absolute Gasteiger partial charge is 0.165 e. The Morgan fingerprint density at radius 2 is 2.14 bits per heavy atom. The molecule has 0 aliphatic carbocycles. The fourth-order valence-corrected chi connectivity index (χ4v) is 2.87. The third-order valence-corrected chi connectivity index (χ3v) is 4.13. The topological polar surface area (TPSA) is 30.5 Å². The van der Waals surface area contributed by atoms with Crippen molar-refractivity contribution in [2.45, 2.75) is 38.6 Å². The molecule has 1 aromatic carbocycles. The van der Waals surface area contributed by atoms with Crippen LogP contribution in [0, 0.1) is 11.7 Å². The van der Waals surface area contributed by atoms with Gasteiger partial charge < -0.3 is 14.8 Å². The second kappa shape index (κ2) is 8.35. The van der Waals surface area contributed by atoms with Crippen LogP contribution in [-0.2, 0) is 4.74 Å². The Labute approximate surface area is 126 Å². The second-order valence-corrected chi connectivity index (χ2v) is 5.69. The van der Waals surface area contributed by atoms with E-state index in [1.807, 2.05) is 6.07 Å². The zero-order valence-electron chi connectivity index (χ0n) is 13.0. The lowest BCUT2D eigenvalue weighted by Crippen LogP contribution is -2.27. The third kappa shape index (κ3) is 4.68. The van der Waals surface area contributed by atoms with Gasteiger partial charge in [0, 0.05) is 19.3 Å². The molecule has 2 rings (SSSR count). The summed E-state index contributed by atoms with van der Waals surface area (Å²) < 4.78 is 24.4. The molecule has 1 saturated heterocycles. The van der Waals surface area contributed by atoms with E-state index in [1.54, 1.807) is 12.1 Å². The molecule has 0 saturated carbocycles. The third-order valence-electron chi connectivity index (χ3n) is 4.13. The minimum absolute atomic E-state index is 0.202. The summed E-state index contributed by atoms with van der Waals surface area (Å²) in [6, 6.07) is 5.49. The van der Waals surface area contributed by atoms with Crippen molar-refractivity contribution in [3.05, 3.63) is 29.6 Å². The lowest BCUT2D eigenvalue weighted by atomic mass is 9.89. The van der Waals surface area contributed by atoms with Gasteiger partial charge in [0.2, 0.25) is 0 Å². The first-order valence-corrected chi connectivity index (χ1v) is 7.89. The molecule has 1 fully saturated rings. The van der Waals surface area contributed by atoms with Crippen molar-refractivity contribution in [2.24, 2.45) is 5.92 Å². The van der Waals surface area contributed by atoms with Crippen molar-refractivity contribution < 1.29 is 13.9 Å². The first-order chi connectivity index (χ1) is 10.2. The Morgan fingerprint density at radius 3 is 2.76 bits per heavy atom. The quantitative estimate of drug-likeness (QED) is 0.832. The summed E-state index contributed by atoms with van der Waals surface area (Å²) in [6.45, 7) is 4.79. The van der Waals surface area contributed by atoms with Crippen molar-refractivity contribution in [1.29, 1.82) is 0 Å². The van der Waals surface area contributed by atoms with Gasteiger partial charge in [-0.25, -0.2) is 4.39 Å². The first-order valence-electron chi connectivity index (χ1n) is 7.89. The predicted octanol–water partition coefficient (Wildman–Crippen LogP) is 3.69. The summed E-state index contributed by atoms with van der Waals surface area (Å²) in [5, 5.41) is 3.55. The van der Waals surface area contributed by atoms with Crippen LogP contribution >= 0.6 is 0 Å². The van der Waals surface area contributed by atoms with Crippen LogP contribution in [0.2, 0.25) is 0 Å². The highest BCUT2D eigenvalue weighted by atomic mass is 19.1. The molecule has 1 N–H and O–H groups in total. The van der Waals surface area contributed by atoms with Crippen LogP contribution in [-0.4, -0.2) is 26.9 Å². The minimum Gasteiger partial charge on any atom is -0.494 e. The Hall–Kier alpha value is -1.13. The lowest BCUT2D eigenvalue weighted by Gasteiger charge is -2.28. The summed E-state index contributed by atoms with van der Waals surface area (Å²) in [5.74, 6) is 0.669. The number of halogens is 1. The summed E-state index contributed by atoms with van der Waals surface area (Å²) in [6.07, 6.45) is 4.31. The number of hydrogen-bond donors (Lipinski definition) is 1. The summed E-state index contributed by atoms with van der Waals surface area (Å²) in [5.41, 5.74) is 1.01. The van der Waals surface area contributed by atoms with Crippen molar-refractivity contribution >= 4 is 0 Å². The molecular formula is C17H26FNO2. The zero-order valence-corrected chi connectivity index (χ0v) is 13.0. The normalized spacial score (nSPS) is 17.7. The SMILES string of the molecule is CCCNC(CC1CCOCC1)c1ccc(OC)c(F)c1. The van der Waals surface area contributed by atoms with Crippen molar-refractivity contribution in [3.63, 3.8) is 0 Å². The number of nitrogens with one attached hydrogen (secondary N) is 1. The van der Waals surface area contributed by atoms with Gasteiger partial charge in [0.15, 0.2) is 11.6 Å². The summed E-state index contributed by atoms with van der Waals surface area (Å²) >= 11 is 0. The van der Waals surface area contributed by atoms with Gasteiger partial charge in [0.1, 0.15) is 0 Å². The molecule has 1 aliphatic heterocycles. The van der Waals surface area contributed by atoms with Gasteiger partial charge in [-0.15, -0.1) is 0 Å². The predicted molar refractivity (Wildman–Crippen MR) is 82.1 cm³/mol. The Balaban J connectivity index is 2.08. The van der Waals surface area contributed by atoms with Crippen LogP contribution < -0.4 is 10.1 Å². The number of rotatable bonds is 7. The average molecular weight is 295 g/mol. The molecule has 0 radical (unpaired) electrons. The molecule has 1 heterocycles. The fourth-order valence-electron chi connectivity index (χ4n) is 2.87. The molecule has 1 aromatic rings. The number of hydrogen-bond acceptors (Lipinski definition) is 3. The van der Waals surface area contributed by atoms with E-state index in [0.29, 0.717) is 11.7 Å². The Kier molecular flexibility index (Phi) is 6.46. The first kappa shape index (κ1) is 16.2. The van der Waals surface area contributed by atoms with Gasteiger partial charge in [-0.1, -0.05) is 13.0 Å². The number of benzene rings is 1. The number of methoxy groups -OCH3 is 1. The van der Waals surface area contributed by atoms with Crippen molar-refractivity contribution in [2.75, 3.05) is 26.9 Å². The van der Waals surface area contributed by atoms with Crippen LogP contribution in [0.1, 0.15) is 44.2 Å². The fraction of sp³-hybridized carbons (Fsp3) is 0.647. The van der Waals surface area contributed by atoms with E-state index in [1.165, 1.54) is 7.11 Å². The molecule has 1 aliphatic rings. The summed E-state index contributed by atoms with van der Waals surface area (Å²) in [7, 11) is 1.49. The van der Waals surface area contributed by atoms with Crippen molar-refractivity contribution in [1.82, 2.24) is 5.32 Å². The van der Waals surface area contributed by atoms with E-state index in [2.05, 4.69) is 12.2 Å². The monoisotopic (exact) mass is 295 g/mol. The molecule has 0 spiro atoms. The maximum absolute atomic E-state index is 13.9. The second-order valence-electron chi connectivity index (χ2n) is 5.69. The van der Waals surface area contributed by atoms with Gasteiger partial charge in [-0.3, -0.25) is 0 Å². The van der Waals surface area contributed by atoms with Crippen LogP contribution in [0.5, 0.6) is 5.75 Å². The van der Waals surface area contributed by atoms with E-state index in [4.69, 9.17) is 9.47 Å². The Morgan fingerprint density at radius 1 is 1.38 bits per heavy atom. The molecule has 0 aromatic heterocycles.